The Morgan fingerprint density at radius 1 is 1.19 bits per heavy atom. The molecule has 3 rings (SSSR count). The van der Waals surface area contributed by atoms with Crippen molar-refractivity contribution in [3.63, 3.8) is 0 Å². The van der Waals surface area contributed by atoms with Gasteiger partial charge in [-0.1, -0.05) is 41.5 Å². The second kappa shape index (κ2) is 8.55. The molecular formula is C21H38N5O3Si2. The van der Waals surface area contributed by atoms with Crippen LogP contribution >= 0.6 is 0 Å². The van der Waals surface area contributed by atoms with Gasteiger partial charge in [-0.3, -0.25) is 4.57 Å². The molecule has 0 aromatic carbocycles. The van der Waals surface area contributed by atoms with E-state index in [0.29, 0.717) is 23.6 Å². The second-order valence-corrected chi connectivity index (χ2v) is 18.7. The number of aromatic nitrogens is 4. The van der Waals surface area contributed by atoms with E-state index in [9.17, 15) is 0 Å². The molecule has 1 radical (unpaired) electrons. The third kappa shape index (κ3) is 5.19. The molecule has 3 heterocycles. The van der Waals surface area contributed by atoms with E-state index in [0.717, 1.165) is 6.42 Å². The summed E-state index contributed by atoms with van der Waals surface area (Å²) in [5.74, 6) is 0.367. The summed E-state index contributed by atoms with van der Waals surface area (Å²) in [4.78, 5) is 12.9. The monoisotopic (exact) mass is 464 g/mol. The van der Waals surface area contributed by atoms with E-state index in [1.54, 1.807) is 6.33 Å². The first-order valence-corrected chi connectivity index (χ1v) is 15.8. The third-order valence-corrected chi connectivity index (χ3v) is 13.8. The van der Waals surface area contributed by atoms with Crippen molar-refractivity contribution in [1.82, 2.24) is 19.5 Å². The average molecular weight is 465 g/mol. The zero-order chi connectivity index (χ0) is 23.2. The van der Waals surface area contributed by atoms with E-state index in [2.05, 4.69) is 76.1 Å². The van der Waals surface area contributed by atoms with Crippen LogP contribution < -0.4 is 5.73 Å². The number of fused-ring (bicyclic) bond motifs is 1. The van der Waals surface area contributed by atoms with Gasteiger partial charge in [0.15, 0.2) is 26.0 Å². The summed E-state index contributed by atoms with van der Waals surface area (Å²) < 4.78 is 21.5. The van der Waals surface area contributed by atoms with Crippen LogP contribution in [0.25, 0.3) is 11.2 Å². The van der Waals surface area contributed by atoms with Crippen molar-refractivity contribution in [3.05, 3.63) is 12.7 Å². The van der Waals surface area contributed by atoms with Crippen LogP contribution in [-0.2, 0) is 13.6 Å². The predicted octanol–water partition coefficient (Wildman–Crippen LogP) is 4.52. The van der Waals surface area contributed by atoms with Crippen molar-refractivity contribution in [3.8, 4) is 0 Å². The lowest BCUT2D eigenvalue weighted by atomic mass is 10.2. The topological polar surface area (TPSA) is 97.3 Å². The minimum Gasteiger partial charge on any atom is -0.414 e. The number of hydrogen-bond donors (Lipinski definition) is 1. The summed E-state index contributed by atoms with van der Waals surface area (Å²) in [6.07, 6.45) is 3.49. The van der Waals surface area contributed by atoms with E-state index in [-0.39, 0.29) is 28.5 Å². The maximum atomic E-state index is 6.83. The number of nitrogens with two attached hydrogens (primary N) is 1. The number of ether oxygens (including phenoxy) is 1. The van der Waals surface area contributed by atoms with Crippen LogP contribution in [0.3, 0.4) is 0 Å². The SMILES string of the molecule is C[Si](OC[C@@H]1C[C@@H](O[Si](C)(C)C(C)(C)C)[C@H](n2cnc3c(N)ncnc32)O1)C(C)(C)C. The first-order valence-electron chi connectivity index (χ1n) is 10.9. The third-order valence-electron chi connectivity index (χ3n) is 6.60. The molecule has 31 heavy (non-hydrogen) atoms. The fraction of sp³-hybridized carbons (Fsp3) is 0.762. The first kappa shape index (κ1) is 24.3. The van der Waals surface area contributed by atoms with E-state index in [1.807, 2.05) is 4.57 Å². The van der Waals surface area contributed by atoms with Gasteiger partial charge in [0.1, 0.15) is 11.8 Å². The molecule has 0 amide bonds. The van der Waals surface area contributed by atoms with Crippen LogP contribution in [-0.4, -0.2) is 55.7 Å². The van der Waals surface area contributed by atoms with Gasteiger partial charge >= 0.3 is 0 Å². The second-order valence-electron chi connectivity index (χ2n) is 11.0. The molecule has 2 aromatic rings. The molecule has 1 fully saturated rings. The van der Waals surface area contributed by atoms with Crippen LogP contribution in [0.15, 0.2) is 12.7 Å². The Balaban J connectivity index is 1.87. The van der Waals surface area contributed by atoms with Crippen molar-refractivity contribution in [2.75, 3.05) is 12.3 Å². The van der Waals surface area contributed by atoms with E-state index >= 15 is 0 Å². The molecule has 0 saturated carbocycles. The van der Waals surface area contributed by atoms with Crippen LogP contribution in [0.2, 0.25) is 29.7 Å². The van der Waals surface area contributed by atoms with Crippen molar-refractivity contribution in [2.24, 2.45) is 0 Å². The highest BCUT2D eigenvalue weighted by Crippen LogP contribution is 2.42. The van der Waals surface area contributed by atoms with Crippen molar-refractivity contribution in [1.29, 1.82) is 0 Å². The quantitative estimate of drug-likeness (QED) is 0.627. The molecule has 10 heteroatoms. The molecule has 8 nitrogen and oxygen atoms in total. The number of imidazole rings is 1. The Hall–Kier alpha value is -1.34. The van der Waals surface area contributed by atoms with E-state index in [1.165, 1.54) is 6.33 Å². The number of rotatable bonds is 6. The lowest BCUT2D eigenvalue weighted by Crippen LogP contribution is -2.45. The normalized spacial score (nSPS) is 23.2. The van der Waals surface area contributed by atoms with Gasteiger partial charge in [-0.15, -0.1) is 0 Å². The predicted molar refractivity (Wildman–Crippen MR) is 128 cm³/mol. The van der Waals surface area contributed by atoms with Crippen molar-refractivity contribution >= 4 is 34.3 Å². The Kier molecular flexibility index (Phi) is 6.70. The zero-order valence-corrected chi connectivity index (χ0v) is 22.4. The lowest BCUT2D eigenvalue weighted by Gasteiger charge is -2.39. The molecule has 1 aliphatic rings. The summed E-state index contributed by atoms with van der Waals surface area (Å²) in [6, 6.07) is 0. The largest absolute Gasteiger partial charge is 0.414 e. The maximum absolute atomic E-state index is 6.83. The number of nitrogen functional groups attached to an aromatic ring is 1. The summed E-state index contributed by atoms with van der Waals surface area (Å²) in [5, 5.41) is 0.274. The van der Waals surface area contributed by atoms with Crippen LogP contribution in [0, 0.1) is 0 Å². The number of anilines is 1. The van der Waals surface area contributed by atoms with Gasteiger partial charge in [0.2, 0.25) is 9.04 Å². The molecule has 1 saturated heterocycles. The molecule has 3 atom stereocenters. The van der Waals surface area contributed by atoms with Gasteiger partial charge in [0.05, 0.1) is 25.1 Å². The highest BCUT2D eigenvalue weighted by Gasteiger charge is 2.46. The fourth-order valence-electron chi connectivity index (χ4n) is 3.22. The zero-order valence-electron chi connectivity index (χ0n) is 20.4. The smallest absolute Gasteiger partial charge is 0.213 e. The molecule has 0 unspecified atom stereocenters. The molecule has 0 spiro atoms. The van der Waals surface area contributed by atoms with E-state index in [4.69, 9.17) is 19.3 Å². The van der Waals surface area contributed by atoms with E-state index < -0.39 is 17.4 Å². The highest BCUT2D eigenvalue weighted by atomic mass is 28.4. The van der Waals surface area contributed by atoms with Gasteiger partial charge < -0.3 is 19.3 Å². The molecule has 173 valence electrons. The Morgan fingerprint density at radius 2 is 1.87 bits per heavy atom. The van der Waals surface area contributed by atoms with Crippen LogP contribution in [0.5, 0.6) is 0 Å². The van der Waals surface area contributed by atoms with Crippen molar-refractivity contribution in [2.45, 2.75) is 96.1 Å². The summed E-state index contributed by atoms with van der Waals surface area (Å²) >= 11 is 0. The number of hydrogen-bond acceptors (Lipinski definition) is 7. The summed E-state index contributed by atoms with van der Waals surface area (Å²) in [6.45, 7) is 20.8. The molecule has 2 aromatic heterocycles. The minimum atomic E-state index is -2.01. The van der Waals surface area contributed by atoms with Gasteiger partial charge in [-0.2, -0.15) is 0 Å². The first-order chi connectivity index (χ1) is 14.2. The minimum absolute atomic E-state index is 0.0429. The lowest BCUT2D eigenvalue weighted by molar-refractivity contribution is -0.0436. The van der Waals surface area contributed by atoms with Gasteiger partial charge in [-0.25, -0.2) is 15.0 Å². The Morgan fingerprint density at radius 3 is 2.48 bits per heavy atom. The molecule has 1 aliphatic heterocycles. The van der Waals surface area contributed by atoms with Crippen LogP contribution in [0.4, 0.5) is 5.82 Å². The summed E-state index contributed by atoms with van der Waals surface area (Å²) in [7, 11) is -2.96. The Bertz CT molecular complexity index is 907. The molecular weight excluding hydrogens is 426 g/mol. The summed E-state index contributed by atoms with van der Waals surface area (Å²) in [5.41, 5.74) is 7.25. The molecule has 0 bridgehead atoms. The van der Waals surface area contributed by atoms with Gasteiger partial charge in [-0.05, 0) is 29.7 Å². The highest BCUT2D eigenvalue weighted by molar-refractivity contribution is 6.74. The fourth-order valence-corrected chi connectivity index (χ4v) is 5.41. The standard InChI is InChI=1S/C21H38N5O3Si2/c1-20(2,3)30(7)27-11-14-10-15(29-31(8,9)21(4,5)6)19(28-14)26-13-25-16-17(22)23-12-24-18(16)26/h12-15,19H,10-11H2,1-9H3,(H2,22,23,24)/t14-,15+,19+/m0/s1. The maximum Gasteiger partial charge on any atom is 0.213 e. The number of nitrogens with zero attached hydrogens (tertiary/aromatic N) is 4. The van der Waals surface area contributed by atoms with Crippen molar-refractivity contribution < 1.29 is 13.6 Å². The van der Waals surface area contributed by atoms with Gasteiger partial charge in [0, 0.05) is 6.42 Å². The molecule has 2 N–H and O–H groups in total. The van der Waals surface area contributed by atoms with Gasteiger partial charge in [0.25, 0.3) is 0 Å². The Labute approximate surface area is 188 Å². The van der Waals surface area contributed by atoms with Crippen LogP contribution in [0.1, 0.15) is 54.2 Å². The molecule has 0 aliphatic carbocycles. The average Bonchev–Trinajstić information content (AvgIpc) is 3.22.